The van der Waals surface area contributed by atoms with E-state index in [2.05, 4.69) is 26.2 Å². The molecule has 1 heterocycles. The molecule has 0 spiro atoms. The lowest BCUT2D eigenvalue weighted by Crippen LogP contribution is -2.08. The lowest BCUT2D eigenvalue weighted by Gasteiger charge is -2.17. The Hall–Kier alpha value is -1.13. The predicted octanol–water partition coefficient (Wildman–Crippen LogP) is 5.12. The van der Waals surface area contributed by atoms with Gasteiger partial charge in [-0.2, -0.15) is 0 Å². The summed E-state index contributed by atoms with van der Waals surface area (Å²) in [5, 5.41) is 3.97. The van der Waals surface area contributed by atoms with Crippen molar-refractivity contribution in [2.24, 2.45) is 0 Å². The van der Waals surface area contributed by atoms with Crippen molar-refractivity contribution in [1.29, 1.82) is 0 Å². The molecule has 100 valence electrons. The number of benzene rings is 1. The largest absolute Gasteiger partial charge is 0.378 e. The number of nitrogens with zero attached hydrogens (tertiary/aromatic N) is 1. The van der Waals surface area contributed by atoms with E-state index < -0.39 is 0 Å². The second-order valence-electron chi connectivity index (χ2n) is 4.38. The number of nitrogens with one attached hydrogen (secondary N) is 1. The van der Waals surface area contributed by atoms with Gasteiger partial charge in [0.2, 0.25) is 0 Å². The summed E-state index contributed by atoms with van der Waals surface area (Å²) in [5.74, 6) is -0.341. The van der Waals surface area contributed by atoms with Crippen LogP contribution >= 0.6 is 27.5 Å². The summed E-state index contributed by atoms with van der Waals surface area (Å²) in [6, 6.07) is 5.19. The molecule has 2 nitrogen and oxygen atoms in total. The SMILES string of the molecule is Cc1cc(Br)c(NC(C)c2cncc(F)c2)cc1Cl. The third kappa shape index (κ3) is 3.45. The van der Waals surface area contributed by atoms with Crippen molar-refractivity contribution in [2.45, 2.75) is 19.9 Å². The van der Waals surface area contributed by atoms with Gasteiger partial charge in [-0.15, -0.1) is 0 Å². The lowest BCUT2D eigenvalue weighted by molar-refractivity contribution is 0.616. The quantitative estimate of drug-likeness (QED) is 0.837. The number of rotatable bonds is 3. The van der Waals surface area contributed by atoms with E-state index in [1.54, 1.807) is 6.20 Å². The highest BCUT2D eigenvalue weighted by atomic mass is 79.9. The summed E-state index contributed by atoms with van der Waals surface area (Å²) < 4.78 is 14.1. The molecule has 1 unspecified atom stereocenters. The Labute approximate surface area is 125 Å². The smallest absolute Gasteiger partial charge is 0.141 e. The molecule has 19 heavy (non-hydrogen) atoms. The zero-order chi connectivity index (χ0) is 14.0. The first-order valence-corrected chi connectivity index (χ1v) is 6.97. The summed E-state index contributed by atoms with van der Waals surface area (Å²) >= 11 is 9.59. The van der Waals surface area contributed by atoms with E-state index in [-0.39, 0.29) is 11.9 Å². The highest BCUT2D eigenvalue weighted by molar-refractivity contribution is 9.10. The number of anilines is 1. The first-order chi connectivity index (χ1) is 8.97. The second-order valence-corrected chi connectivity index (χ2v) is 5.65. The van der Waals surface area contributed by atoms with E-state index >= 15 is 0 Å². The topological polar surface area (TPSA) is 24.9 Å². The van der Waals surface area contributed by atoms with Gasteiger partial charge >= 0.3 is 0 Å². The fraction of sp³-hybridized carbons (Fsp3) is 0.214. The standard InChI is InChI=1S/C14H13BrClFN2/c1-8-3-12(15)14(5-13(8)16)19-9(2)10-4-11(17)7-18-6-10/h3-7,9,19H,1-2H3. The summed E-state index contributed by atoms with van der Waals surface area (Å²) in [6.07, 6.45) is 2.83. The molecule has 0 aliphatic heterocycles. The van der Waals surface area contributed by atoms with Gasteiger partial charge in [0.05, 0.1) is 17.9 Å². The van der Waals surface area contributed by atoms with Gasteiger partial charge in [0.1, 0.15) is 5.82 Å². The van der Waals surface area contributed by atoms with Crippen LogP contribution < -0.4 is 5.32 Å². The van der Waals surface area contributed by atoms with Crippen LogP contribution in [-0.2, 0) is 0 Å². The Morgan fingerprint density at radius 3 is 2.74 bits per heavy atom. The number of hydrogen-bond acceptors (Lipinski definition) is 2. The average Bonchev–Trinajstić information content (AvgIpc) is 2.36. The van der Waals surface area contributed by atoms with E-state index in [1.807, 2.05) is 26.0 Å². The summed E-state index contributed by atoms with van der Waals surface area (Å²) in [4.78, 5) is 3.85. The van der Waals surface area contributed by atoms with Gasteiger partial charge in [0.25, 0.3) is 0 Å². The van der Waals surface area contributed by atoms with Gasteiger partial charge in [0.15, 0.2) is 0 Å². The van der Waals surface area contributed by atoms with Gasteiger partial charge in [-0.3, -0.25) is 4.98 Å². The van der Waals surface area contributed by atoms with Gasteiger partial charge in [-0.05, 0) is 59.1 Å². The van der Waals surface area contributed by atoms with E-state index in [4.69, 9.17) is 11.6 Å². The van der Waals surface area contributed by atoms with Crippen molar-refractivity contribution in [2.75, 3.05) is 5.32 Å². The number of hydrogen-bond donors (Lipinski definition) is 1. The van der Waals surface area contributed by atoms with Crippen LogP contribution in [0.1, 0.15) is 24.1 Å². The molecule has 0 bridgehead atoms. The molecule has 0 aliphatic rings. The zero-order valence-corrected chi connectivity index (χ0v) is 12.9. The van der Waals surface area contributed by atoms with Crippen molar-refractivity contribution in [3.05, 3.63) is 57.0 Å². The average molecular weight is 344 g/mol. The van der Waals surface area contributed by atoms with Crippen LogP contribution in [0.3, 0.4) is 0 Å². The normalized spacial score (nSPS) is 12.3. The maximum Gasteiger partial charge on any atom is 0.141 e. The first kappa shape index (κ1) is 14.3. The molecule has 1 aromatic carbocycles. The fourth-order valence-electron chi connectivity index (χ4n) is 1.74. The number of pyridine rings is 1. The van der Waals surface area contributed by atoms with Crippen LogP contribution in [0.25, 0.3) is 0 Å². The highest BCUT2D eigenvalue weighted by Gasteiger charge is 2.10. The number of halogens is 3. The summed E-state index contributed by atoms with van der Waals surface area (Å²) in [7, 11) is 0. The molecule has 2 rings (SSSR count). The minimum absolute atomic E-state index is 0.0710. The zero-order valence-electron chi connectivity index (χ0n) is 10.5. The molecule has 0 saturated heterocycles. The fourth-order valence-corrected chi connectivity index (χ4v) is 2.47. The molecular formula is C14H13BrClFN2. The van der Waals surface area contributed by atoms with E-state index in [0.29, 0.717) is 5.02 Å². The third-order valence-electron chi connectivity index (χ3n) is 2.85. The van der Waals surface area contributed by atoms with Crippen molar-refractivity contribution in [3.8, 4) is 0 Å². The molecule has 0 amide bonds. The maximum atomic E-state index is 13.1. The van der Waals surface area contributed by atoms with Crippen LogP contribution in [0.15, 0.2) is 35.1 Å². The van der Waals surface area contributed by atoms with Gasteiger partial charge in [-0.25, -0.2) is 4.39 Å². The predicted molar refractivity (Wildman–Crippen MR) is 80.1 cm³/mol. The van der Waals surface area contributed by atoms with Crippen molar-refractivity contribution in [3.63, 3.8) is 0 Å². The molecule has 0 radical (unpaired) electrons. The van der Waals surface area contributed by atoms with Crippen LogP contribution in [0.5, 0.6) is 0 Å². The second kappa shape index (κ2) is 5.88. The molecule has 0 fully saturated rings. The van der Waals surface area contributed by atoms with E-state index in [9.17, 15) is 4.39 Å². The van der Waals surface area contributed by atoms with Gasteiger partial charge in [-0.1, -0.05) is 11.6 Å². The van der Waals surface area contributed by atoms with Gasteiger partial charge in [0, 0.05) is 15.7 Å². The molecule has 1 atom stereocenters. The molecule has 2 aromatic rings. The third-order valence-corrected chi connectivity index (χ3v) is 3.91. The molecule has 1 aromatic heterocycles. The number of aromatic nitrogens is 1. The van der Waals surface area contributed by atoms with Crippen LogP contribution in [0.2, 0.25) is 5.02 Å². The van der Waals surface area contributed by atoms with Crippen LogP contribution in [-0.4, -0.2) is 4.98 Å². The molecule has 1 N–H and O–H groups in total. The monoisotopic (exact) mass is 342 g/mol. The summed E-state index contributed by atoms with van der Waals surface area (Å²) in [5.41, 5.74) is 2.65. The highest BCUT2D eigenvalue weighted by Crippen LogP contribution is 2.31. The lowest BCUT2D eigenvalue weighted by atomic mass is 10.1. The van der Waals surface area contributed by atoms with Crippen molar-refractivity contribution in [1.82, 2.24) is 4.98 Å². The minimum Gasteiger partial charge on any atom is -0.378 e. The van der Waals surface area contributed by atoms with E-state index in [0.717, 1.165) is 21.3 Å². The summed E-state index contributed by atoms with van der Waals surface area (Å²) in [6.45, 7) is 3.88. The molecule has 0 aliphatic carbocycles. The Kier molecular flexibility index (Phi) is 4.42. The van der Waals surface area contributed by atoms with Crippen molar-refractivity contribution >= 4 is 33.2 Å². The van der Waals surface area contributed by atoms with Crippen molar-refractivity contribution < 1.29 is 4.39 Å². The number of aryl methyl sites for hydroxylation is 1. The molecular weight excluding hydrogens is 331 g/mol. The Morgan fingerprint density at radius 1 is 1.32 bits per heavy atom. The first-order valence-electron chi connectivity index (χ1n) is 5.80. The van der Waals surface area contributed by atoms with E-state index in [1.165, 1.54) is 12.3 Å². The van der Waals surface area contributed by atoms with Gasteiger partial charge < -0.3 is 5.32 Å². The Morgan fingerprint density at radius 2 is 2.05 bits per heavy atom. The Bertz CT molecular complexity index is 604. The maximum absolute atomic E-state index is 13.1. The van der Waals surface area contributed by atoms with Crippen LogP contribution in [0.4, 0.5) is 10.1 Å². The van der Waals surface area contributed by atoms with Crippen LogP contribution in [0, 0.1) is 12.7 Å². The minimum atomic E-state index is -0.341. The molecule has 0 saturated carbocycles. The molecule has 5 heteroatoms. The Balaban J connectivity index is 2.24.